The van der Waals surface area contributed by atoms with Crippen molar-refractivity contribution in [2.45, 2.75) is 17.7 Å². The number of aromatic amines is 2. The van der Waals surface area contributed by atoms with Gasteiger partial charge in [-0.3, -0.25) is 14.4 Å². The Morgan fingerprint density at radius 2 is 1.85 bits per heavy atom. The van der Waals surface area contributed by atoms with Gasteiger partial charge in [0.2, 0.25) is 0 Å². The van der Waals surface area contributed by atoms with Gasteiger partial charge in [-0.05, 0) is 36.6 Å². The molecule has 0 unspecified atom stereocenters. The lowest BCUT2D eigenvalue weighted by Gasteiger charge is -2.30. The number of imidazole rings is 1. The molecule has 0 amide bonds. The monoisotopic (exact) mass is 374 g/mol. The summed E-state index contributed by atoms with van der Waals surface area (Å²) in [6.45, 7) is 0.234. The maximum Gasteiger partial charge on any atom is 0.323 e. The number of hydrogen-bond acceptors (Lipinski definition) is 5. The number of nitro groups is 1. The van der Waals surface area contributed by atoms with Gasteiger partial charge in [0.05, 0.1) is 26.5 Å². The van der Waals surface area contributed by atoms with E-state index < -0.39 is 20.6 Å². The van der Waals surface area contributed by atoms with Crippen molar-refractivity contribution in [2.24, 2.45) is 0 Å². The fourth-order valence-corrected chi connectivity index (χ4v) is 4.75. The van der Waals surface area contributed by atoms with E-state index in [0.29, 0.717) is 29.6 Å². The second-order valence-electron chi connectivity index (χ2n) is 6.04. The Bertz CT molecular complexity index is 1190. The number of fused-ring (bicyclic) bond motifs is 2. The van der Waals surface area contributed by atoms with Crippen LogP contribution in [0.5, 0.6) is 0 Å². The quantitative estimate of drug-likeness (QED) is 0.534. The van der Waals surface area contributed by atoms with E-state index in [1.807, 2.05) is 0 Å². The van der Waals surface area contributed by atoms with Crippen molar-refractivity contribution in [3.05, 3.63) is 62.6 Å². The summed E-state index contributed by atoms with van der Waals surface area (Å²) in [6, 6.07) is 8.58. The zero-order chi connectivity index (χ0) is 18.5. The lowest BCUT2D eigenvalue weighted by molar-refractivity contribution is -0.384. The number of nitrogens with zero attached hydrogens (tertiary/aromatic N) is 2. The number of rotatable bonds is 3. The topological polar surface area (TPSA) is 129 Å². The standard InChI is InChI=1S/C16H14N4O5S/c21-16-17-13-6-5-12(9-14(13)18-16)26(24,25)19-7-1-2-10-3-4-11(20(22)23)8-15(10)19/h3-6,8-9H,1-2,7H2,(H2,17,18,21). The highest BCUT2D eigenvalue weighted by molar-refractivity contribution is 7.92. The number of sulfonamides is 1. The number of aryl methyl sites for hydroxylation is 1. The molecule has 0 saturated carbocycles. The van der Waals surface area contributed by atoms with Gasteiger partial charge >= 0.3 is 5.69 Å². The summed E-state index contributed by atoms with van der Waals surface area (Å²) in [6.07, 6.45) is 1.27. The zero-order valence-electron chi connectivity index (χ0n) is 13.4. The molecule has 4 rings (SSSR count). The van der Waals surface area contributed by atoms with Gasteiger partial charge in [0, 0.05) is 18.7 Å². The minimum absolute atomic E-state index is 0.0135. The summed E-state index contributed by atoms with van der Waals surface area (Å²) in [5.74, 6) is 0. The van der Waals surface area contributed by atoms with Gasteiger partial charge in [0.1, 0.15) is 0 Å². The minimum atomic E-state index is -3.93. The molecule has 0 bridgehead atoms. The summed E-state index contributed by atoms with van der Waals surface area (Å²) in [5.41, 5.74) is 1.38. The van der Waals surface area contributed by atoms with Crippen LogP contribution in [0.3, 0.4) is 0 Å². The molecule has 1 aromatic heterocycles. The lowest BCUT2D eigenvalue weighted by atomic mass is 10.0. The molecule has 1 aliphatic heterocycles. The summed E-state index contributed by atoms with van der Waals surface area (Å²) >= 11 is 0. The molecular formula is C16H14N4O5S. The predicted octanol–water partition coefficient (Wildman–Crippen LogP) is 1.91. The number of nitro benzene ring substituents is 1. The summed E-state index contributed by atoms with van der Waals surface area (Å²) in [4.78, 5) is 27.0. The minimum Gasteiger partial charge on any atom is -0.306 e. The van der Waals surface area contributed by atoms with Gasteiger partial charge in [-0.1, -0.05) is 6.07 Å². The number of hydrogen-bond donors (Lipinski definition) is 2. The van der Waals surface area contributed by atoms with Crippen molar-refractivity contribution in [3.8, 4) is 0 Å². The van der Waals surface area contributed by atoms with Crippen LogP contribution < -0.4 is 9.99 Å². The molecule has 9 nitrogen and oxygen atoms in total. The highest BCUT2D eigenvalue weighted by Crippen LogP contribution is 2.35. The first-order valence-corrected chi connectivity index (χ1v) is 9.32. The molecule has 0 fully saturated rings. The molecule has 2 N–H and O–H groups in total. The van der Waals surface area contributed by atoms with Crippen LogP contribution in [0, 0.1) is 10.1 Å². The molecule has 0 saturated heterocycles. The van der Waals surface area contributed by atoms with Gasteiger partial charge in [0.25, 0.3) is 15.7 Å². The third-order valence-electron chi connectivity index (χ3n) is 4.43. The largest absolute Gasteiger partial charge is 0.323 e. The fourth-order valence-electron chi connectivity index (χ4n) is 3.19. The molecular weight excluding hydrogens is 360 g/mol. The molecule has 134 valence electrons. The van der Waals surface area contributed by atoms with Gasteiger partial charge in [-0.2, -0.15) is 0 Å². The first-order valence-electron chi connectivity index (χ1n) is 7.88. The van der Waals surface area contributed by atoms with Crippen LogP contribution in [0.1, 0.15) is 12.0 Å². The van der Waals surface area contributed by atoms with E-state index in [1.54, 1.807) is 6.07 Å². The molecule has 2 heterocycles. The second kappa shape index (κ2) is 5.70. The zero-order valence-corrected chi connectivity index (χ0v) is 14.2. The first-order chi connectivity index (χ1) is 12.4. The highest BCUT2D eigenvalue weighted by Gasteiger charge is 2.30. The number of H-pyrrole nitrogens is 2. The van der Waals surface area contributed by atoms with Gasteiger partial charge in [-0.25, -0.2) is 13.2 Å². The molecule has 0 radical (unpaired) electrons. The Hall–Kier alpha value is -3.14. The van der Waals surface area contributed by atoms with Gasteiger partial charge in [-0.15, -0.1) is 0 Å². The van der Waals surface area contributed by atoms with Crippen molar-refractivity contribution in [2.75, 3.05) is 10.8 Å². The van der Waals surface area contributed by atoms with Crippen molar-refractivity contribution in [1.82, 2.24) is 9.97 Å². The van der Waals surface area contributed by atoms with Crippen LogP contribution in [0.4, 0.5) is 11.4 Å². The van der Waals surface area contributed by atoms with Crippen LogP contribution in [-0.4, -0.2) is 29.9 Å². The number of anilines is 1. The van der Waals surface area contributed by atoms with Crippen LogP contribution in [0.15, 0.2) is 46.1 Å². The van der Waals surface area contributed by atoms with Gasteiger partial charge in [0.15, 0.2) is 0 Å². The maximum atomic E-state index is 13.1. The molecule has 0 aliphatic carbocycles. The molecule has 10 heteroatoms. The number of non-ortho nitro benzene ring substituents is 1. The SMILES string of the molecule is O=c1[nH]c2ccc(S(=O)(=O)N3CCCc4ccc([N+](=O)[O-])cc43)cc2[nH]1. The number of aromatic nitrogens is 2. The van der Waals surface area contributed by atoms with E-state index in [-0.39, 0.29) is 17.1 Å². The maximum absolute atomic E-state index is 13.1. The van der Waals surface area contributed by atoms with E-state index in [9.17, 15) is 23.3 Å². The van der Waals surface area contributed by atoms with Crippen molar-refractivity contribution < 1.29 is 13.3 Å². The summed E-state index contributed by atoms with van der Waals surface area (Å²) in [5, 5.41) is 11.1. The molecule has 0 atom stereocenters. The van der Waals surface area contributed by atoms with Crippen molar-refractivity contribution >= 4 is 32.4 Å². The van der Waals surface area contributed by atoms with E-state index in [4.69, 9.17) is 0 Å². The average Bonchev–Trinajstić information content (AvgIpc) is 2.99. The van der Waals surface area contributed by atoms with Crippen LogP contribution in [-0.2, 0) is 16.4 Å². The Balaban J connectivity index is 1.84. The van der Waals surface area contributed by atoms with E-state index in [0.717, 1.165) is 5.56 Å². The molecule has 3 aromatic rings. The number of benzene rings is 2. The number of nitrogens with one attached hydrogen (secondary N) is 2. The normalized spacial score (nSPS) is 14.4. The smallest absolute Gasteiger partial charge is 0.306 e. The van der Waals surface area contributed by atoms with Crippen LogP contribution in [0.25, 0.3) is 11.0 Å². The Morgan fingerprint density at radius 3 is 2.62 bits per heavy atom. The predicted molar refractivity (Wildman–Crippen MR) is 94.9 cm³/mol. The summed E-state index contributed by atoms with van der Waals surface area (Å²) in [7, 11) is -3.93. The molecule has 0 spiro atoms. The lowest BCUT2D eigenvalue weighted by Crippen LogP contribution is -2.35. The Labute approximate surface area is 147 Å². The van der Waals surface area contributed by atoms with Crippen LogP contribution >= 0.6 is 0 Å². The third-order valence-corrected chi connectivity index (χ3v) is 6.24. The van der Waals surface area contributed by atoms with E-state index in [2.05, 4.69) is 9.97 Å². The average molecular weight is 374 g/mol. The van der Waals surface area contributed by atoms with E-state index in [1.165, 1.54) is 34.6 Å². The molecule has 2 aromatic carbocycles. The third kappa shape index (κ3) is 2.54. The van der Waals surface area contributed by atoms with Gasteiger partial charge < -0.3 is 9.97 Å². The molecule has 26 heavy (non-hydrogen) atoms. The van der Waals surface area contributed by atoms with Crippen molar-refractivity contribution in [3.63, 3.8) is 0 Å². The van der Waals surface area contributed by atoms with Crippen LogP contribution in [0.2, 0.25) is 0 Å². The second-order valence-corrected chi connectivity index (χ2v) is 7.90. The molecule has 1 aliphatic rings. The van der Waals surface area contributed by atoms with E-state index >= 15 is 0 Å². The summed E-state index contributed by atoms with van der Waals surface area (Å²) < 4.78 is 27.5. The highest BCUT2D eigenvalue weighted by atomic mass is 32.2. The van der Waals surface area contributed by atoms with Crippen molar-refractivity contribution in [1.29, 1.82) is 0 Å². The Kier molecular flexibility index (Phi) is 3.58. The fraction of sp³-hybridized carbons (Fsp3) is 0.188. The Morgan fingerprint density at radius 1 is 1.08 bits per heavy atom. The first kappa shape index (κ1) is 16.3.